The van der Waals surface area contributed by atoms with Crippen LogP contribution in [0.4, 0.5) is 4.79 Å². The first kappa shape index (κ1) is 15.3. The topological polar surface area (TPSA) is 104 Å². The Hall–Kier alpha value is -1.79. The van der Waals surface area contributed by atoms with Gasteiger partial charge in [-0.1, -0.05) is 13.8 Å². The van der Waals surface area contributed by atoms with Crippen LogP contribution in [0.25, 0.3) is 0 Å². The zero-order valence-corrected chi connectivity index (χ0v) is 11.5. The number of carboxylic acids is 1. The standard InChI is InChI=1S/C12H21N3O4/c1-12(2)5-4-6-15(9(12)10(17)18)11(19)14(3)7-8(13)16/h9H,4-7H2,1-3H3,(H2,13,16)(H,17,18). The molecule has 0 radical (unpaired) electrons. The number of likely N-dealkylation sites (N-methyl/N-ethyl adjacent to an activating group) is 1. The summed E-state index contributed by atoms with van der Waals surface area (Å²) in [5, 5.41) is 9.35. The van der Waals surface area contributed by atoms with E-state index in [9.17, 15) is 19.5 Å². The average molecular weight is 271 g/mol. The highest BCUT2D eigenvalue weighted by atomic mass is 16.4. The number of urea groups is 1. The predicted octanol–water partition coefficient (Wildman–Crippen LogP) is 0.0987. The Morgan fingerprint density at radius 2 is 2.00 bits per heavy atom. The van der Waals surface area contributed by atoms with Crippen LogP contribution in [0, 0.1) is 5.41 Å². The van der Waals surface area contributed by atoms with Crippen molar-refractivity contribution in [2.75, 3.05) is 20.1 Å². The van der Waals surface area contributed by atoms with E-state index in [2.05, 4.69) is 0 Å². The van der Waals surface area contributed by atoms with Crippen LogP contribution in [0.15, 0.2) is 0 Å². The Labute approximate surface area is 112 Å². The molecule has 0 aromatic heterocycles. The number of hydrogen-bond donors (Lipinski definition) is 2. The Kier molecular flexibility index (Phi) is 4.39. The van der Waals surface area contributed by atoms with Crippen LogP contribution in [0.2, 0.25) is 0 Å². The van der Waals surface area contributed by atoms with Gasteiger partial charge in [-0.3, -0.25) is 4.79 Å². The first-order valence-corrected chi connectivity index (χ1v) is 6.19. The van der Waals surface area contributed by atoms with E-state index in [1.807, 2.05) is 13.8 Å². The maximum absolute atomic E-state index is 12.2. The molecule has 1 aliphatic rings. The SMILES string of the molecule is CN(CC(N)=O)C(=O)N1CCCC(C)(C)C1C(=O)O. The van der Waals surface area contributed by atoms with Crippen molar-refractivity contribution in [1.82, 2.24) is 9.80 Å². The zero-order valence-electron chi connectivity index (χ0n) is 11.5. The molecule has 1 heterocycles. The van der Waals surface area contributed by atoms with Gasteiger partial charge in [-0.25, -0.2) is 9.59 Å². The summed E-state index contributed by atoms with van der Waals surface area (Å²) in [5.41, 5.74) is 4.55. The number of carbonyl (C=O) groups excluding carboxylic acids is 2. The summed E-state index contributed by atoms with van der Waals surface area (Å²) >= 11 is 0. The molecule has 1 saturated heterocycles. The number of likely N-dealkylation sites (tertiary alicyclic amines) is 1. The number of carboxylic acid groups (broad SMARTS) is 1. The van der Waals surface area contributed by atoms with E-state index in [1.165, 1.54) is 11.9 Å². The van der Waals surface area contributed by atoms with E-state index in [1.54, 1.807) is 0 Å². The number of primary amides is 1. The smallest absolute Gasteiger partial charge is 0.327 e. The van der Waals surface area contributed by atoms with Crippen molar-refractivity contribution in [3.8, 4) is 0 Å². The molecule has 3 N–H and O–H groups in total. The van der Waals surface area contributed by atoms with Crippen LogP contribution < -0.4 is 5.73 Å². The molecule has 0 saturated carbocycles. The highest BCUT2D eigenvalue weighted by molar-refractivity contribution is 5.86. The first-order chi connectivity index (χ1) is 8.66. The molecular weight excluding hydrogens is 250 g/mol. The molecule has 1 unspecified atom stereocenters. The Morgan fingerprint density at radius 3 is 2.47 bits per heavy atom. The fourth-order valence-corrected chi connectivity index (χ4v) is 2.59. The minimum Gasteiger partial charge on any atom is -0.480 e. The summed E-state index contributed by atoms with van der Waals surface area (Å²) < 4.78 is 0. The molecule has 0 bridgehead atoms. The van der Waals surface area contributed by atoms with Crippen LogP contribution in [-0.2, 0) is 9.59 Å². The first-order valence-electron chi connectivity index (χ1n) is 6.19. The Balaban J connectivity index is 2.93. The summed E-state index contributed by atoms with van der Waals surface area (Å²) in [4.78, 5) is 36.9. The van der Waals surface area contributed by atoms with E-state index in [0.717, 1.165) is 17.7 Å². The van der Waals surface area contributed by atoms with E-state index < -0.39 is 29.4 Å². The molecule has 7 heteroatoms. The number of amides is 3. The van der Waals surface area contributed by atoms with Gasteiger partial charge < -0.3 is 20.6 Å². The molecule has 1 aliphatic heterocycles. The van der Waals surface area contributed by atoms with Crippen molar-refractivity contribution in [2.24, 2.45) is 11.1 Å². The third-order valence-electron chi connectivity index (χ3n) is 3.47. The van der Waals surface area contributed by atoms with E-state index in [0.29, 0.717) is 6.54 Å². The number of aliphatic carboxylic acids is 1. The third-order valence-corrected chi connectivity index (χ3v) is 3.47. The van der Waals surface area contributed by atoms with Crippen molar-refractivity contribution in [3.63, 3.8) is 0 Å². The van der Waals surface area contributed by atoms with E-state index in [4.69, 9.17) is 5.73 Å². The molecule has 1 atom stereocenters. The lowest BCUT2D eigenvalue weighted by Crippen LogP contribution is -2.59. The van der Waals surface area contributed by atoms with Gasteiger partial charge in [-0.15, -0.1) is 0 Å². The lowest BCUT2D eigenvalue weighted by molar-refractivity contribution is -0.148. The van der Waals surface area contributed by atoms with Crippen LogP contribution in [-0.4, -0.2) is 59.0 Å². The molecule has 108 valence electrons. The van der Waals surface area contributed by atoms with Gasteiger partial charge in [-0.05, 0) is 18.3 Å². The second-order valence-electron chi connectivity index (χ2n) is 5.63. The van der Waals surface area contributed by atoms with Gasteiger partial charge in [0.15, 0.2) is 0 Å². The normalized spacial score (nSPS) is 21.8. The Morgan fingerprint density at radius 1 is 1.42 bits per heavy atom. The molecule has 7 nitrogen and oxygen atoms in total. The molecule has 3 amide bonds. The van der Waals surface area contributed by atoms with Crippen molar-refractivity contribution in [2.45, 2.75) is 32.7 Å². The molecule has 0 aromatic carbocycles. The second kappa shape index (κ2) is 5.46. The maximum Gasteiger partial charge on any atom is 0.327 e. The van der Waals surface area contributed by atoms with Crippen molar-refractivity contribution in [1.29, 1.82) is 0 Å². The van der Waals surface area contributed by atoms with Crippen molar-refractivity contribution < 1.29 is 19.5 Å². The number of piperidine rings is 1. The van der Waals surface area contributed by atoms with E-state index in [-0.39, 0.29) is 6.54 Å². The highest BCUT2D eigenvalue weighted by Crippen LogP contribution is 2.35. The summed E-state index contributed by atoms with van der Waals surface area (Å²) in [6.07, 6.45) is 1.49. The molecule has 0 aromatic rings. The number of carbonyl (C=O) groups is 3. The fraction of sp³-hybridized carbons (Fsp3) is 0.750. The maximum atomic E-state index is 12.2. The molecule has 0 aliphatic carbocycles. The quantitative estimate of drug-likeness (QED) is 0.759. The predicted molar refractivity (Wildman–Crippen MR) is 68.4 cm³/mol. The molecule has 1 rings (SSSR count). The summed E-state index contributed by atoms with van der Waals surface area (Å²) in [5.74, 6) is -1.65. The van der Waals surface area contributed by atoms with Crippen molar-refractivity contribution in [3.05, 3.63) is 0 Å². The summed E-state index contributed by atoms with van der Waals surface area (Å²) in [6, 6.07) is -1.36. The van der Waals surface area contributed by atoms with Gasteiger partial charge in [0.2, 0.25) is 5.91 Å². The Bertz CT molecular complexity index is 394. The van der Waals surface area contributed by atoms with Crippen LogP contribution in [0.5, 0.6) is 0 Å². The second-order valence-corrected chi connectivity index (χ2v) is 5.63. The third kappa shape index (κ3) is 3.36. The van der Waals surface area contributed by atoms with Gasteiger partial charge >= 0.3 is 12.0 Å². The van der Waals surface area contributed by atoms with Crippen LogP contribution in [0.1, 0.15) is 26.7 Å². The summed E-state index contributed by atoms with van der Waals surface area (Å²) in [7, 11) is 1.44. The van der Waals surface area contributed by atoms with Gasteiger partial charge in [0.25, 0.3) is 0 Å². The van der Waals surface area contributed by atoms with Gasteiger partial charge in [0.05, 0.1) is 0 Å². The van der Waals surface area contributed by atoms with Gasteiger partial charge in [-0.2, -0.15) is 0 Å². The number of hydrogen-bond acceptors (Lipinski definition) is 3. The largest absolute Gasteiger partial charge is 0.480 e. The zero-order chi connectivity index (χ0) is 14.8. The lowest BCUT2D eigenvalue weighted by atomic mass is 9.76. The fourth-order valence-electron chi connectivity index (χ4n) is 2.59. The molecule has 1 fully saturated rings. The molecule has 19 heavy (non-hydrogen) atoms. The molecule has 0 spiro atoms. The monoisotopic (exact) mass is 271 g/mol. The van der Waals surface area contributed by atoms with Crippen LogP contribution >= 0.6 is 0 Å². The van der Waals surface area contributed by atoms with Gasteiger partial charge in [0, 0.05) is 13.6 Å². The lowest BCUT2D eigenvalue weighted by Gasteiger charge is -2.44. The molecular formula is C12H21N3O4. The highest BCUT2D eigenvalue weighted by Gasteiger charge is 2.45. The summed E-state index contributed by atoms with van der Waals surface area (Å²) in [6.45, 7) is 3.82. The number of nitrogens with zero attached hydrogens (tertiary/aromatic N) is 2. The minimum atomic E-state index is -1.02. The van der Waals surface area contributed by atoms with Gasteiger partial charge in [0.1, 0.15) is 12.6 Å². The van der Waals surface area contributed by atoms with E-state index >= 15 is 0 Å². The average Bonchev–Trinajstić information content (AvgIpc) is 2.24. The number of nitrogens with two attached hydrogens (primary N) is 1. The van der Waals surface area contributed by atoms with Crippen molar-refractivity contribution >= 4 is 17.9 Å². The minimum absolute atomic E-state index is 0.220. The number of rotatable bonds is 3. The van der Waals surface area contributed by atoms with Crippen LogP contribution in [0.3, 0.4) is 0 Å².